The van der Waals surface area contributed by atoms with Gasteiger partial charge in [0.25, 0.3) is 0 Å². The number of nitrogens with zero attached hydrogens (tertiary/aromatic N) is 3. The molecule has 2 rings (SSSR count). The Labute approximate surface area is 89.0 Å². The molecular weight excluding hydrogens is 188 g/mol. The van der Waals surface area contributed by atoms with Gasteiger partial charge in [0.15, 0.2) is 0 Å². The summed E-state index contributed by atoms with van der Waals surface area (Å²) in [7, 11) is 0. The lowest BCUT2D eigenvalue weighted by atomic mass is 10.4. The van der Waals surface area contributed by atoms with Crippen LogP contribution in [-0.2, 0) is 6.54 Å². The maximum atomic E-state index is 4.20. The lowest BCUT2D eigenvalue weighted by Crippen LogP contribution is -2.17. The van der Waals surface area contributed by atoms with Gasteiger partial charge in [-0.05, 0) is 26.0 Å². The third-order valence-corrected chi connectivity index (χ3v) is 2.31. The molecule has 0 saturated heterocycles. The topological polar surface area (TPSA) is 42.7 Å². The van der Waals surface area contributed by atoms with Crippen molar-refractivity contribution in [2.45, 2.75) is 20.4 Å². The van der Waals surface area contributed by atoms with Gasteiger partial charge in [-0.25, -0.2) is 0 Å². The molecular formula is C11H14N4. The molecule has 0 unspecified atom stereocenters. The van der Waals surface area contributed by atoms with E-state index in [-0.39, 0.29) is 0 Å². The Morgan fingerprint density at radius 2 is 1.93 bits per heavy atom. The van der Waals surface area contributed by atoms with Gasteiger partial charge in [0, 0.05) is 23.8 Å². The minimum Gasteiger partial charge on any atom is -0.320 e. The highest BCUT2D eigenvalue weighted by molar-refractivity contribution is 5.15. The standard InChI is InChI=1S/C11H14N4/c1-9-3-4-10(2)15(9)14-8-11-7-12-5-6-13-11/h3-7,14H,8H2,1-2H3. The van der Waals surface area contributed by atoms with Crippen molar-refractivity contribution in [3.63, 3.8) is 0 Å². The molecule has 0 aliphatic heterocycles. The summed E-state index contributed by atoms with van der Waals surface area (Å²) in [5.74, 6) is 0. The minimum absolute atomic E-state index is 0.685. The van der Waals surface area contributed by atoms with E-state index in [1.165, 1.54) is 11.4 Å². The summed E-state index contributed by atoms with van der Waals surface area (Å²) < 4.78 is 2.05. The van der Waals surface area contributed by atoms with Crippen molar-refractivity contribution in [2.75, 3.05) is 5.43 Å². The molecule has 0 aliphatic rings. The second-order valence-electron chi connectivity index (χ2n) is 3.48. The van der Waals surface area contributed by atoms with E-state index in [2.05, 4.69) is 46.1 Å². The van der Waals surface area contributed by atoms with Crippen LogP contribution in [0.25, 0.3) is 0 Å². The molecule has 1 N–H and O–H groups in total. The summed E-state index contributed by atoms with van der Waals surface area (Å²) in [5, 5.41) is 0. The Bertz CT molecular complexity index is 414. The van der Waals surface area contributed by atoms with Crippen LogP contribution in [0.1, 0.15) is 17.1 Å². The first-order valence-electron chi connectivity index (χ1n) is 4.91. The molecule has 0 saturated carbocycles. The van der Waals surface area contributed by atoms with E-state index in [4.69, 9.17) is 0 Å². The molecule has 2 aromatic heterocycles. The van der Waals surface area contributed by atoms with E-state index in [9.17, 15) is 0 Å². The summed E-state index contributed by atoms with van der Waals surface area (Å²) in [6.07, 6.45) is 5.14. The van der Waals surface area contributed by atoms with Gasteiger partial charge in [0.05, 0.1) is 18.4 Å². The van der Waals surface area contributed by atoms with Gasteiger partial charge in [0.2, 0.25) is 0 Å². The van der Waals surface area contributed by atoms with Crippen LogP contribution in [0.4, 0.5) is 0 Å². The van der Waals surface area contributed by atoms with Gasteiger partial charge in [-0.3, -0.25) is 14.6 Å². The van der Waals surface area contributed by atoms with Gasteiger partial charge < -0.3 is 5.43 Å². The average molecular weight is 202 g/mol. The lowest BCUT2D eigenvalue weighted by molar-refractivity contribution is 0.777. The second kappa shape index (κ2) is 4.13. The van der Waals surface area contributed by atoms with Gasteiger partial charge in [-0.15, -0.1) is 0 Å². The van der Waals surface area contributed by atoms with E-state index >= 15 is 0 Å². The second-order valence-corrected chi connectivity index (χ2v) is 3.48. The van der Waals surface area contributed by atoms with E-state index < -0.39 is 0 Å². The number of aromatic nitrogens is 3. The van der Waals surface area contributed by atoms with Gasteiger partial charge in [-0.2, -0.15) is 0 Å². The average Bonchev–Trinajstić information content (AvgIpc) is 2.58. The molecule has 0 atom stereocenters. The summed E-state index contributed by atoms with van der Waals surface area (Å²) >= 11 is 0. The quantitative estimate of drug-likeness (QED) is 0.822. The number of hydrogen-bond donors (Lipinski definition) is 1. The molecule has 2 aromatic rings. The van der Waals surface area contributed by atoms with E-state index in [1.54, 1.807) is 18.6 Å². The van der Waals surface area contributed by atoms with Crippen molar-refractivity contribution in [3.05, 3.63) is 47.8 Å². The molecule has 0 bridgehead atoms. The number of rotatable bonds is 3. The van der Waals surface area contributed by atoms with E-state index in [0.29, 0.717) is 6.54 Å². The van der Waals surface area contributed by atoms with Crippen LogP contribution in [0.2, 0.25) is 0 Å². The van der Waals surface area contributed by atoms with E-state index in [1.807, 2.05) is 0 Å². The lowest BCUT2D eigenvalue weighted by Gasteiger charge is -2.11. The third-order valence-electron chi connectivity index (χ3n) is 2.31. The maximum absolute atomic E-state index is 4.20. The first kappa shape index (κ1) is 9.71. The number of nitrogens with one attached hydrogen (secondary N) is 1. The Hall–Kier alpha value is -1.84. The highest BCUT2D eigenvalue weighted by atomic mass is 15.4. The minimum atomic E-state index is 0.685. The third kappa shape index (κ3) is 2.15. The summed E-state index contributed by atoms with van der Waals surface area (Å²) in [4.78, 5) is 8.22. The fourth-order valence-corrected chi connectivity index (χ4v) is 1.50. The molecule has 0 amide bonds. The van der Waals surface area contributed by atoms with Crippen LogP contribution in [-0.4, -0.2) is 14.6 Å². The SMILES string of the molecule is Cc1ccc(C)n1NCc1cnccn1. The van der Waals surface area contributed by atoms with Crippen molar-refractivity contribution in [2.24, 2.45) is 0 Å². The fraction of sp³-hybridized carbons (Fsp3) is 0.273. The van der Waals surface area contributed by atoms with Gasteiger partial charge in [-0.1, -0.05) is 0 Å². The van der Waals surface area contributed by atoms with E-state index in [0.717, 1.165) is 5.69 Å². The molecule has 0 radical (unpaired) electrons. The highest BCUT2D eigenvalue weighted by Crippen LogP contribution is 2.04. The van der Waals surface area contributed by atoms with Gasteiger partial charge in [0.1, 0.15) is 0 Å². The van der Waals surface area contributed by atoms with Crippen molar-refractivity contribution in [1.82, 2.24) is 14.6 Å². The number of aryl methyl sites for hydroxylation is 2. The highest BCUT2D eigenvalue weighted by Gasteiger charge is 2.00. The summed E-state index contributed by atoms with van der Waals surface area (Å²) in [5.41, 5.74) is 6.61. The zero-order valence-electron chi connectivity index (χ0n) is 8.94. The molecule has 4 nitrogen and oxygen atoms in total. The first-order valence-corrected chi connectivity index (χ1v) is 4.91. The molecule has 4 heteroatoms. The Balaban J connectivity index is 2.05. The first-order chi connectivity index (χ1) is 7.27. The van der Waals surface area contributed by atoms with Gasteiger partial charge >= 0.3 is 0 Å². The molecule has 0 fully saturated rings. The molecule has 78 valence electrons. The van der Waals surface area contributed by atoms with Crippen molar-refractivity contribution < 1.29 is 0 Å². The largest absolute Gasteiger partial charge is 0.320 e. The zero-order valence-corrected chi connectivity index (χ0v) is 8.94. The summed E-state index contributed by atoms with van der Waals surface area (Å²) in [6.45, 7) is 4.82. The number of hydrogen-bond acceptors (Lipinski definition) is 3. The van der Waals surface area contributed by atoms with Crippen LogP contribution in [0.15, 0.2) is 30.7 Å². The maximum Gasteiger partial charge on any atom is 0.0793 e. The van der Waals surface area contributed by atoms with Crippen molar-refractivity contribution in [1.29, 1.82) is 0 Å². The summed E-state index contributed by atoms with van der Waals surface area (Å²) in [6, 6.07) is 4.16. The van der Waals surface area contributed by atoms with Crippen LogP contribution in [0.3, 0.4) is 0 Å². The van der Waals surface area contributed by atoms with Crippen molar-refractivity contribution >= 4 is 0 Å². The molecule has 0 aromatic carbocycles. The Morgan fingerprint density at radius 1 is 1.20 bits per heavy atom. The predicted octanol–water partition coefficient (Wildman–Crippen LogP) is 1.64. The van der Waals surface area contributed by atoms with Crippen LogP contribution >= 0.6 is 0 Å². The fourth-order valence-electron chi connectivity index (χ4n) is 1.50. The Kier molecular flexibility index (Phi) is 2.67. The predicted molar refractivity (Wildman–Crippen MR) is 59.0 cm³/mol. The van der Waals surface area contributed by atoms with Crippen molar-refractivity contribution in [3.8, 4) is 0 Å². The molecule has 0 aliphatic carbocycles. The molecule has 2 heterocycles. The molecule has 15 heavy (non-hydrogen) atoms. The Morgan fingerprint density at radius 3 is 2.53 bits per heavy atom. The smallest absolute Gasteiger partial charge is 0.0793 e. The van der Waals surface area contributed by atoms with Crippen LogP contribution < -0.4 is 5.43 Å². The van der Waals surface area contributed by atoms with Crippen LogP contribution in [0, 0.1) is 13.8 Å². The normalized spacial score (nSPS) is 10.3. The molecule has 0 spiro atoms. The zero-order chi connectivity index (χ0) is 10.7. The van der Waals surface area contributed by atoms with Crippen LogP contribution in [0.5, 0.6) is 0 Å². The monoisotopic (exact) mass is 202 g/mol.